The van der Waals surface area contributed by atoms with Crippen molar-refractivity contribution in [3.05, 3.63) is 28.0 Å². The minimum atomic E-state index is -3.04. The van der Waals surface area contributed by atoms with Crippen molar-refractivity contribution in [3.8, 4) is 5.75 Å². The lowest BCUT2D eigenvalue weighted by molar-refractivity contribution is -0.0497. The van der Waals surface area contributed by atoms with Gasteiger partial charge in [0.15, 0.2) is 5.75 Å². The van der Waals surface area contributed by atoms with Crippen molar-refractivity contribution < 1.29 is 17.9 Å². The van der Waals surface area contributed by atoms with E-state index in [1.54, 1.807) is 0 Å². The van der Waals surface area contributed by atoms with E-state index in [2.05, 4.69) is 4.74 Å². The van der Waals surface area contributed by atoms with Gasteiger partial charge in [0.2, 0.25) is 0 Å². The first-order chi connectivity index (χ1) is 6.00. The third-order valence-electron chi connectivity index (χ3n) is 1.17. The molecule has 1 nitrogen and oxygen atoms in total. The highest BCUT2D eigenvalue weighted by atomic mass is 35.5. The monoisotopic (exact) mass is 230 g/mol. The Balaban J connectivity index is 3.06. The van der Waals surface area contributed by atoms with Crippen LogP contribution in [0, 0.1) is 5.82 Å². The molecule has 0 spiro atoms. The molecule has 0 amide bonds. The molecule has 0 N–H and O–H groups in total. The summed E-state index contributed by atoms with van der Waals surface area (Å²) in [5.41, 5.74) is 0. The van der Waals surface area contributed by atoms with Crippen molar-refractivity contribution in [1.29, 1.82) is 0 Å². The summed E-state index contributed by atoms with van der Waals surface area (Å²) >= 11 is 10.8. The predicted octanol–water partition coefficient (Wildman–Crippen LogP) is 3.73. The standard InChI is InChI=1S/C7H3Cl2F3O/c8-4-1-3(10)2-5(9)6(4)13-7(11)12/h1-2,7H. The minimum absolute atomic E-state index is 0.287. The molecule has 0 radical (unpaired) electrons. The fraction of sp³-hybridized carbons (Fsp3) is 0.143. The molecule has 0 bridgehead atoms. The zero-order chi connectivity index (χ0) is 10.0. The molecule has 0 aromatic heterocycles. The van der Waals surface area contributed by atoms with E-state index in [4.69, 9.17) is 23.2 Å². The number of rotatable bonds is 2. The molecule has 0 unspecified atom stereocenters. The van der Waals surface area contributed by atoms with E-state index in [9.17, 15) is 13.2 Å². The molecule has 0 aliphatic carbocycles. The van der Waals surface area contributed by atoms with Crippen LogP contribution in [0.3, 0.4) is 0 Å². The molecule has 0 heterocycles. The summed E-state index contributed by atoms with van der Waals surface area (Å²) in [4.78, 5) is 0. The zero-order valence-electron chi connectivity index (χ0n) is 6.03. The van der Waals surface area contributed by atoms with Gasteiger partial charge >= 0.3 is 6.61 Å². The predicted molar refractivity (Wildman–Crippen MR) is 43.1 cm³/mol. The lowest BCUT2D eigenvalue weighted by Crippen LogP contribution is -2.03. The number of benzene rings is 1. The Kier molecular flexibility index (Phi) is 3.27. The SMILES string of the molecule is Fc1cc(Cl)c(OC(F)F)c(Cl)c1. The van der Waals surface area contributed by atoms with Crippen LogP contribution in [0.2, 0.25) is 10.0 Å². The Hall–Kier alpha value is -0.610. The van der Waals surface area contributed by atoms with Crippen LogP contribution in [0.1, 0.15) is 0 Å². The van der Waals surface area contributed by atoms with Gasteiger partial charge in [0.25, 0.3) is 0 Å². The highest BCUT2D eigenvalue weighted by Gasteiger charge is 2.13. The summed E-state index contributed by atoms with van der Waals surface area (Å²) in [5.74, 6) is -1.13. The van der Waals surface area contributed by atoms with Crippen LogP contribution in [-0.4, -0.2) is 6.61 Å². The van der Waals surface area contributed by atoms with Crippen LogP contribution in [0.25, 0.3) is 0 Å². The van der Waals surface area contributed by atoms with Crippen LogP contribution >= 0.6 is 23.2 Å². The van der Waals surface area contributed by atoms with Crippen molar-refractivity contribution in [3.63, 3.8) is 0 Å². The first-order valence-electron chi connectivity index (χ1n) is 3.10. The van der Waals surface area contributed by atoms with Crippen molar-refractivity contribution in [2.45, 2.75) is 6.61 Å². The molecule has 0 atom stereocenters. The van der Waals surface area contributed by atoms with Gasteiger partial charge in [0.1, 0.15) is 5.82 Å². The third kappa shape index (κ3) is 2.67. The summed E-state index contributed by atoms with van der Waals surface area (Å²) < 4.78 is 40.0. The topological polar surface area (TPSA) is 9.23 Å². The second-order valence-electron chi connectivity index (χ2n) is 2.08. The van der Waals surface area contributed by atoms with E-state index in [0.29, 0.717) is 0 Å². The molecule has 1 aromatic rings. The zero-order valence-corrected chi connectivity index (χ0v) is 7.54. The number of halogens is 5. The van der Waals surface area contributed by atoms with Gasteiger partial charge in [-0.25, -0.2) is 4.39 Å². The molecule has 0 saturated heterocycles. The molecule has 0 fully saturated rings. The summed E-state index contributed by atoms with van der Waals surface area (Å²) in [7, 11) is 0. The van der Waals surface area contributed by atoms with Gasteiger partial charge in [0.05, 0.1) is 10.0 Å². The molecule has 13 heavy (non-hydrogen) atoms. The lowest BCUT2D eigenvalue weighted by atomic mass is 10.3. The van der Waals surface area contributed by atoms with E-state index in [1.165, 1.54) is 0 Å². The van der Waals surface area contributed by atoms with Gasteiger partial charge in [-0.1, -0.05) is 23.2 Å². The third-order valence-corrected chi connectivity index (χ3v) is 1.73. The van der Waals surface area contributed by atoms with Crippen LogP contribution in [0.5, 0.6) is 5.75 Å². The Labute approximate surface area is 82.0 Å². The average molecular weight is 231 g/mol. The molecule has 0 aliphatic heterocycles. The largest absolute Gasteiger partial charge is 0.432 e. The second-order valence-corrected chi connectivity index (χ2v) is 2.89. The van der Waals surface area contributed by atoms with Crippen LogP contribution in [-0.2, 0) is 0 Å². The van der Waals surface area contributed by atoms with Crippen LogP contribution in [0.15, 0.2) is 12.1 Å². The molecular formula is C7H3Cl2F3O. The molecule has 72 valence electrons. The molecule has 0 aliphatic rings. The Morgan fingerprint density at radius 2 is 1.62 bits per heavy atom. The van der Waals surface area contributed by atoms with Crippen LogP contribution < -0.4 is 4.74 Å². The van der Waals surface area contributed by atoms with Gasteiger partial charge in [-0.05, 0) is 12.1 Å². The normalized spacial score (nSPS) is 10.6. The van der Waals surface area contributed by atoms with E-state index >= 15 is 0 Å². The van der Waals surface area contributed by atoms with Gasteiger partial charge in [-0.3, -0.25) is 0 Å². The lowest BCUT2D eigenvalue weighted by Gasteiger charge is -2.07. The first-order valence-corrected chi connectivity index (χ1v) is 3.85. The van der Waals surface area contributed by atoms with Gasteiger partial charge in [-0.2, -0.15) is 8.78 Å². The Bertz CT molecular complexity index is 294. The quantitative estimate of drug-likeness (QED) is 0.753. The maximum absolute atomic E-state index is 12.5. The minimum Gasteiger partial charge on any atom is -0.432 e. The molecule has 1 aromatic carbocycles. The number of hydrogen-bond acceptors (Lipinski definition) is 1. The summed E-state index contributed by atoms with van der Waals surface area (Å²) in [6.07, 6.45) is 0. The van der Waals surface area contributed by atoms with E-state index in [1.807, 2.05) is 0 Å². The number of alkyl halides is 2. The van der Waals surface area contributed by atoms with Crippen molar-refractivity contribution >= 4 is 23.2 Å². The summed E-state index contributed by atoms with van der Waals surface area (Å²) in [5, 5.41) is -0.574. The highest BCUT2D eigenvalue weighted by molar-refractivity contribution is 6.37. The van der Waals surface area contributed by atoms with Crippen molar-refractivity contribution in [1.82, 2.24) is 0 Å². The average Bonchev–Trinajstić information content (AvgIpc) is 1.96. The maximum Gasteiger partial charge on any atom is 0.387 e. The second kappa shape index (κ2) is 4.07. The Morgan fingerprint density at radius 3 is 2.00 bits per heavy atom. The van der Waals surface area contributed by atoms with Gasteiger partial charge < -0.3 is 4.74 Å². The maximum atomic E-state index is 12.5. The molecule has 0 saturated carbocycles. The fourth-order valence-corrected chi connectivity index (χ4v) is 1.28. The summed E-state index contributed by atoms with van der Waals surface area (Å²) in [6, 6.07) is 1.68. The first kappa shape index (κ1) is 10.5. The molecular weight excluding hydrogens is 228 g/mol. The molecule has 1 rings (SSSR count). The summed E-state index contributed by atoms with van der Waals surface area (Å²) in [6.45, 7) is -3.04. The van der Waals surface area contributed by atoms with E-state index in [0.717, 1.165) is 12.1 Å². The molecule has 6 heteroatoms. The van der Waals surface area contributed by atoms with Crippen molar-refractivity contribution in [2.24, 2.45) is 0 Å². The van der Waals surface area contributed by atoms with Crippen LogP contribution in [0.4, 0.5) is 13.2 Å². The number of hydrogen-bond donors (Lipinski definition) is 0. The highest BCUT2D eigenvalue weighted by Crippen LogP contribution is 2.34. The number of ether oxygens (including phenoxy) is 1. The van der Waals surface area contributed by atoms with Gasteiger partial charge in [0, 0.05) is 0 Å². The Morgan fingerprint density at radius 1 is 1.15 bits per heavy atom. The van der Waals surface area contributed by atoms with Gasteiger partial charge in [-0.15, -0.1) is 0 Å². The van der Waals surface area contributed by atoms with Crippen molar-refractivity contribution in [2.75, 3.05) is 0 Å². The smallest absolute Gasteiger partial charge is 0.387 e. The van der Waals surface area contributed by atoms with E-state index < -0.39 is 18.2 Å². The fourth-order valence-electron chi connectivity index (χ4n) is 0.731. The van der Waals surface area contributed by atoms with E-state index in [-0.39, 0.29) is 10.0 Å².